The van der Waals surface area contributed by atoms with Crippen molar-refractivity contribution in [3.05, 3.63) is 40.0 Å². The van der Waals surface area contributed by atoms with E-state index in [1.54, 1.807) is 36.3 Å². The van der Waals surface area contributed by atoms with Crippen LogP contribution in [0, 0.1) is 6.92 Å². The molecule has 0 spiro atoms. The van der Waals surface area contributed by atoms with Gasteiger partial charge in [-0.05, 0) is 39.8 Å². The highest BCUT2D eigenvalue weighted by molar-refractivity contribution is 7.16. The number of carbonyl (C=O) groups is 2. The summed E-state index contributed by atoms with van der Waals surface area (Å²) in [6.07, 6.45) is 0.0468. The molecule has 1 amide bonds. The number of imidazole rings is 1. The first-order valence-corrected chi connectivity index (χ1v) is 9.63. The molecule has 1 aliphatic heterocycles. The normalized spacial score (nSPS) is 17.0. The van der Waals surface area contributed by atoms with Crippen molar-refractivity contribution < 1.29 is 23.8 Å². The summed E-state index contributed by atoms with van der Waals surface area (Å²) in [5.74, 6) is -1.04. The first kappa shape index (κ1) is 18.5. The van der Waals surface area contributed by atoms with Crippen molar-refractivity contribution in [3.63, 3.8) is 0 Å². The van der Waals surface area contributed by atoms with E-state index in [4.69, 9.17) is 9.15 Å². The monoisotopic (exact) mass is 404 g/mol. The first-order chi connectivity index (χ1) is 13.1. The number of nitrogens with zero attached hydrogens (tertiary/aromatic N) is 4. The van der Waals surface area contributed by atoms with E-state index in [0.29, 0.717) is 24.4 Å². The Bertz CT molecular complexity index is 1070. The Morgan fingerprint density at radius 1 is 1.36 bits per heavy atom. The molecule has 0 aromatic carbocycles. The third kappa shape index (κ3) is 3.13. The molecular weight excluding hydrogens is 384 g/mol. The number of fused-ring (bicyclic) bond motifs is 3. The van der Waals surface area contributed by atoms with Gasteiger partial charge in [-0.3, -0.25) is 4.90 Å². The molecule has 1 atom stereocenters. The summed E-state index contributed by atoms with van der Waals surface area (Å²) < 4.78 is 12.8. The summed E-state index contributed by atoms with van der Waals surface area (Å²) >= 11 is 1.45. The summed E-state index contributed by atoms with van der Waals surface area (Å²) in [7, 11) is 0. The summed E-state index contributed by atoms with van der Waals surface area (Å²) in [6.45, 7) is 7.65. The molecule has 1 unspecified atom stereocenters. The van der Waals surface area contributed by atoms with Gasteiger partial charge >= 0.3 is 12.1 Å². The van der Waals surface area contributed by atoms with Gasteiger partial charge < -0.3 is 14.3 Å². The Labute approximate surface area is 164 Å². The number of carbonyl (C=O) groups excluding carboxylic acids is 1. The largest absolute Gasteiger partial charge is 0.475 e. The lowest BCUT2D eigenvalue weighted by Crippen LogP contribution is -2.43. The van der Waals surface area contributed by atoms with Crippen LogP contribution in [-0.2, 0) is 11.2 Å². The van der Waals surface area contributed by atoms with Crippen LogP contribution in [0.1, 0.15) is 59.5 Å². The number of furan rings is 1. The van der Waals surface area contributed by atoms with Crippen molar-refractivity contribution >= 4 is 28.4 Å². The van der Waals surface area contributed by atoms with Crippen LogP contribution in [0.25, 0.3) is 4.96 Å². The Balaban J connectivity index is 1.85. The van der Waals surface area contributed by atoms with Crippen LogP contribution in [0.4, 0.5) is 4.79 Å². The van der Waals surface area contributed by atoms with Crippen LogP contribution in [0.15, 0.2) is 16.5 Å². The molecule has 28 heavy (non-hydrogen) atoms. The number of carboxylic acids is 1. The van der Waals surface area contributed by atoms with E-state index in [-0.39, 0.29) is 5.76 Å². The highest BCUT2D eigenvalue weighted by atomic mass is 32.1. The van der Waals surface area contributed by atoms with Gasteiger partial charge in [0.1, 0.15) is 22.4 Å². The molecule has 10 heteroatoms. The van der Waals surface area contributed by atoms with Crippen LogP contribution < -0.4 is 0 Å². The molecule has 0 fully saturated rings. The van der Waals surface area contributed by atoms with E-state index in [9.17, 15) is 14.7 Å². The van der Waals surface area contributed by atoms with Crippen LogP contribution >= 0.6 is 11.3 Å². The van der Waals surface area contributed by atoms with Gasteiger partial charge in [0.15, 0.2) is 0 Å². The molecule has 0 aliphatic carbocycles. The fraction of sp³-hybridized carbons (Fsp3) is 0.444. The van der Waals surface area contributed by atoms with Gasteiger partial charge in [0.25, 0.3) is 0 Å². The zero-order chi connectivity index (χ0) is 20.2. The van der Waals surface area contributed by atoms with Crippen molar-refractivity contribution in [2.45, 2.75) is 45.8 Å². The lowest BCUT2D eigenvalue weighted by Gasteiger charge is -2.35. The Kier molecular flexibility index (Phi) is 4.18. The lowest BCUT2D eigenvalue weighted by atomic mass is 10.0. The van der Waals surface area contributed by atoms with E-state index in [1.165, 1.54) is 17.4 Å². The second kappa shape index (κ2) is 6.33. The van der Waals surface area contributed by atoms with Gasteiger partial charge in [0.05, 0.1) is 11.4 Å². The third-order valence-electron chi connectivity index (χ3n) is 4.31. The standard InChI is InChI=1S/C18H20N4O5S/c1-9-20-22-13-10(19-16(22)28-9)7-8-21(17(25)27-18(2,3)4)14(13)11-5-6-12(26-11)15(23)24/h5-6,14H,7-8H2,1-4H3,(H,23,24). The molecule has 1 aliphatic rings. The van der Waals surface area contributed by atoms with Crippen molar-refractivity contribution in [1.82, 2.24) is 19.5 Å². The van der Waals surface area contributed by atoms with E-state index < -0.39 is 23.7 Å². The fourth-order valence-corrected chi connectivity index (χ4v) is 4.05. The van der Waals surface area contributed by atoms with Gasteiger partial charge in [-0.25, -0.2) is 19.1 Å². The maximum Gasteiger partial charge on any atom is 0.411 e. The highest BCUT2D eigenvalue weighted by Gasteiger charge is 2.40. The number of carboxylic acid groups (broad SMARTS) is 1. The predicted octanol–water partition coefficient (Wildman–Crippen LogP) is 3.27. The van der Waals surface area contributed by atoms with Crippen molar-refractivity contribution in [2.75, 3.05) is 6.54 Å². The Morgan fingerprint density at radius 3 is 2.75 bits per heavy atom. The van der Waals surface area contributed by atoms with Crippen LogP contribution in [0.2, 0.25) is 0 Å². The number of ether oxygens (including phenoxy) is 1. The Hall–Kier alpha value is -2.88. The minimum Gasteiger partial charge on any atom is -0.475 e. The molecule has 0 bridgehead atoms. The molecule has 3 aromatic rings. The quantitative estimate of drug-likeness (QED) is 0.698. The fourth-order valence-electron chi connectivity index (χ4n) is 3.28. The van der Waals surface area contributed by atoms with Gasteiger partial charge in [-0.15, -0.1) is 0 Å². The van der Waals surface area contributed by atoms with Crippen molar-refractivity contribution in [1.29, 1.82) is 0 Å². The number of aromatic carboxylic acids is 1. The van der Waals surface area contributed by atoms with E-state index in [1.807, 2.05) is 6.92 Å². The summed E-state index contributed by atoms with van der Waals surface area (Å²) in [5, 5.41) is 14.6. The zero-order valence-electron chi connectivity index (χ0n) is 15.9. The topological polar surface area (TPSA) is 110 Å². The molecule has 4 heterocycles. The maximum absolute atomic E-state index is 12.9. The number of aryl methyl sites for hydroxylation is 1. The van der Waals surface area contributed by atoms with Crippen LogP contribution in [0.3, 0.4) is 0 Å². The SMILES string of the molecule is Cc1nn2c3c(nc2s1)CCN(C(=O)OC(C)(C)C)C3c1ccc(C(=O)O)o1. The second-order valence-electron chi connectivity index (χ2n) is 7.59. The molecule has 3 aromatic heterocycles. The van der Waals surface area contributed by atoms with Crippen molar-refractivity contribution in [3.8, 4) is 0 Å². The summed E-state index contributed by atoms with van der Waals surface area (Å²) in [5.41, 5.74) is 0.848. The van der Waals surface area contributed by atoms with Gasteiger partial charge in [-0.2, -0.15) is 5.10 Å². The predicted molar refractivity (Wildman–Crippen MR) is 99.8 cm³/mol. The smallest absolute Gasteiger partial charge is 0.411 e. The average molecular weight is 404 g/mol. The minimum absolute atomic E-state index is 0.193. The van der Waals surface area contributed by atoms with Gasteiger partial charge in [-0.1, -0.05) is 11.3 Å². The van der Waals surface area contributed by atoms with Crippen molar-refractivity contribution in [2.24, 2.45) is 0 Å². The molecule has 148 valence electrons. The van der Waals surface area contributed by atoms with Crippen LogP contribution in [-0.4, -0.2) is 48.8 Å². The zero-order valence-corrected chi connectivity index (χ0v) is 16.7. The average Bonchev–Trinajstić information content (AvgIpc) is 3.25. The molecule has 9 nitrogen and oxygen atoms in total. The molecular formula is C18H20N4O5S. The first-order valence-electron chi connectivity index (χ1n) is 8.81. The number of amides is 1. The molecule has 4 rings (SSSR count). The maximum atomic E-state index is 12.9. The lowest BCUT2D eigenvalue weighted by molar-refractivity contribution is 0.0152. The van der Waals surface area contributed by atoms with Gasteiger partial charge in [0.2, 0.25) is 10.7 Å². The number of rotatable bonds is 2. The summed E-state index contributed by atoms with van der Waals surface area (Å²) in [4.78, 5) is 31.1. The molecule has 0 saturated carbocycles. The molecule has 0 radical (unpaired) electrons. The summed E-state index contributed by atoms with van der Waals surface area (Å²) in [6, 6.07) is 2.27. The van der Waals surface area contributed by atoms with Gasteiger partial charge in [0, 0.05) is 13.0 Å². The number of hydrogen-bond donors (Lipinski definition) is 1. The number of hydrogen-bond acceptors (Lipinski definition) is 7. The highest BCUT2D eigenvalue weighted by Crippen LogP contribution is 2.38. The minimum atomic E-state index is -1.17. The number of aromatic nitrogens is 3. The van der Waals surface area contributed by atoms with E-state index in [0.717, 1.165) is 15.7 Å². The van der Waals surface area contributed by atoms with E-state index >= 15 is 0 Å². The second-order valence-corrected chi connectivity index (χ2v) is 8.75. The molecule has 0 saturated heterocycles. The van der Waals surface area contributed by atoms with Crippen LogP contribution in [0.5, 0.6) is 0 Å². The Morgan fingerprint density at radius 2 is 2.11 bits per heavy atom. The van der Waals surface area contributed by atoms with E-state index in [2.05, 4.69) is 10.1 Å². The molecule has 1 N–H and O–H groups in total. The third-order valence-corrected chi connectivity index (χ3v) is 5.13.